The second-order valence-corrected chi connectivity index (χ2v) is 7.44. The summed E-state index contributed by atoms with van der Waals surface area (Å²) in [5.74, 6) is -0.130. The van der Waals surface area contributed by atoms with Crippen LogP contribution >= 0.6 is 12.2 Å². The summed E-state index contributed by atoms with van der Waals surface area (Å²) in [7, 11) is 1.59. The minimum Gasteiger partial charge on any atom is -0.494 e. The maximum atomic E-state index is 13.2. The molecule has 30 heavy (non-hydrogen) atoms. The van der Waals surface area contributed by atoms with Gasteiger partial charge in [0.1, 0.15) is 17.6 Å². The maximum absolute atomic E-state index is 13.2. The Hall–Kier alpha value is -3.00. The summed E-state index contributed by atoms with van der Waals surface area (Å²) in [6.45, 7) is 2.98. The molecule has 8 heteroatoms. The Bertz CT molecular complexity index is 918. The van der Waals surface area contributed by atoms with E-state index in [4.69, 9.17) is 17.0 Å². The number of thiocarbonyl (C=S) groups is 1. The van der Waals surface area contributed by atoms with E-state index in [-0.39, 0.29) is 24.1 Å². The van der Waals surface area contributed by atoms with Gasteiger partial charge in [-0.15, -0.1) is 0 Å². The molecule has 1 N–H and O–H groups in total. The summed E-state index contributed by atoms with van der Waals surface area (Å²) in [6.07, 6.45) is 0.872. The van der Waals surface area contributed by atoms with Crippen LogP contribution in [0.5, 0.6) is 5.75 Å². The van der Waals surface area contributed by atoms with Crippen molar-refractivity contribution in [2.24, 2.45) is 0 Å². The third kappa shape index (κ3) is 5.13. The number of rotatable bonds is 8. The number of ether oxygens (including phenoxy) is 1. The molecule has 3 rings (SSSR count). The van der Waals surface area contributed by atoms with Crippen molar-refractivity contribution in [2.75, 3.05) is 19.0 Å². The molecule has 1 aliphatic rings. The average molecular weight is 430 g/mol. The zero-order chi connectivity index (χ0) is 21.7. The molecule has 1 fully saturated rings. The van der Waals surface area contributed by atoms with Crippen molar-refractivity contribution in [1.82, 2.24) is 9.80 Å². The lowest BCUT2D eigenvalue weighted by Gasteiger charge is -2.23. The van der Waals surface area contributed by atoms with Crippen LogP contribution in [-0.2, 0) is 16.1 Å². The summed E-state index contributed by atoms with van der Waals surface area (Å²) in [5, 5.41) is 3.16. The Kier molecular flexibility index (Phi) is 6.99. The highest BCUT2D eigenvalue weighted by molar-refractivity contribution is 7.80. The number of likely N-dealkylation sites (N-methyl/N-ethyl adjacent to an activating group) is 1. The Labute approximate surface area is 180 Å². The number of benzene rings is 2. The van der Waals surface area contributed by atoms with E-state index in [0.29, 0.717) is 24.0 Å². The normalized spacial score (nSPS) is 16.2. The molecule has 0 unspecified atom stereocenters. The fraction of sp³-hybridized carbons (Fsp3) is 0.318. The van der Waals surface area contributed by atoms with E-state index in [2.05, 4.69) is 5.32 Å². The van der Waals surface area contributed by atoms with Crippen molar-refractivity contribution in [3.8, 4) is 5.75 Å². The van der Waals surface area contributed by atoms with E-state index < -0.39 is 6.04 Å². The Morgan fingerprint density at radius 2 is 1.83 bits per heavy atom. The SMILES string of the molecule is CCCOc1ccc(NC(=O)C[C@H]2C(=O)N(C)C(=S)N2Cc2ccc(F)cc2)cc1. The number of hydrogen-bond donors (Lipinski definition) is 1. The first kappa shape index (κ1) is 21.7. The minimum absolute atomic E-state index is 0.0431. The van der Waals surface area contributed by atoms with Crippen molar-refractivity contribution >= 4 is 34.8 Å². The summed E-state index contributed by atoms with van der Waals surface area (Å²) < 4.78 is 18.7. The predicted molar refractivity (Wildman–Crippen MR) is 117 cm³/mol. The first-order valence-corrected chi connectivity index (χ1v) is 10.1. The molecule has 0 bridgehead atoms. The third-order valence-corrected chi connectivity index (χ3v) is 5.29. The van der Waals surface area contributed by atoms with Crippen LogP contribution in [-0.4, -0.2) is 46.4 Å². The molecule has 2 aromatic rings. The van der Waals surface area contributed by atoms with E-state index in [0.717, 1.165) is 17.7 Å². The Morgan fingerprint density at radius 3 is 2.47 bits per heavy atom. The summed E-state index contributed by atoms with van der Waals surface area (Å²) >= 11 is 5.39. The van der Waals surface area contributed by atoms with Gasteiger partial charge in [0.15, 0.2) is 5.11 Å². The fourth-order valence-electron chi connectivity index (χ4n) is 3.18. The van der Waals surface area contributed by atoms with E-state index in [1.807, 2.05) is 6.92 Å². The second-order valence-electron chi connectivity index (χ2n) is 7.08. The fourth-order valence-corrected chi connectivity index (χ4v) is 3.46. The summed E-state index contributed by atoms with van der Waals surface area (Å²) in [6, 6.07) is 12.4. The standard InChI is InChI=1S/C22H24FN3O3S/c1-3-12-29-18-10-8-17(9-11-18)24-20(27)13-19-21(28)25(2)22(30)26(19)14-15-4-6-16(23)7-5-15/h4-11,19H,3,12-14H2,1-2H3,(H,24,27)/t19-/m0/s1. The number of nitrogens with zero attached hydrogens (tertiary/aromatic N) is 2. The zero-order valence-corrected chi connectivity index (χ0v) is 17.7. The van der Waals surface area contributed by atoms with Crippen LogP contribution in [0.3, 0.4) is 0 Å². The van der Waals surface area contributed by atoms with Crippen molar-refractivity contribution < 1.29 is 18.7 Å². The minimum atomic E-state index is -0.709. The lowest BCUT2D eigenvalue weighted by atomic mass is 10.1. The Morgan fingerprint density at radius 1 is 1.17 bits per heavy atom. The van der Waals surface area contributed by atoms with E-state index in [1.165, 1.54) is 17.0 Å². The van der Waals surface area contributed by atoms with Gasteiger partial charge in [0, 0.05) is 19.3 Å². The molecule has 1 heterocycles. The molecule has 6 nitrogen and oxygen atoms in total. The molecule has 2 aromatic carbocycles. The Balaban J connectivity index is 1.66. The first-order chi connectivity index (χ1) is 14.4. The van der Waals surface area contributed by atoms with Gasteiger partial charge < -0.3 is 15.0 Å². The quantitative estimate of drug-likeness (QED) is 0.650. The molecule has 2 amide bonds. The van der Waals surface area contributed by atoms with Crippen LogP contribution in [0.2, 0.25) is 0 Å². The van der Waals surface area contributed by atoms with Gasteiger partial charge >= 0.3 is 0 Å². The number of halogens is 1. The van der Waals surface area contributed by atoms with Crippen molar-refractivity contribution in [2.45, 2.75) is 32.4 Å². The van der Waals surface area contributed by atoms with Gasteiger partial charge in [0.25, 0.3) is 5.91 Å². The molecular formula is C22H24FN3O3S. The monoisotopic (exact) mass is 429 g/mol. The number of carbonyl (C=O) groups excluding carboxylic acids is 2. The molecule has 0 saturated carbocycles. The molecule has 0 aliphatic carbocycles. The van der Waals surface area contributed by atoms with E-state index in [9.17, 15) is 14.0 Å². The number of amides is 2. The molecule has 0 spiro atoms. The maximum Gasteiger partial charge on any atom is 0.251 e. The predicted octanol–water partition coefficient (Wildman–Crippen LogP) is 3.57. The van der Waals surface area contributed by atoms with Gasteiger partial charge in [0.05, 0.1) is 13.0 Å². The molecule has 0 aromatic heterocycles. The van der Waals surface area contributed by atoms with Gasteiger partial charge in [-0.2, -0.15) is 0 Å². The molecular weight excluding hydrogens is 405 g/mol. The van der Waals surface area contributed by atoms with Gasteiger partial charge in [-0.1, -0.05) is 19.1 Å². The second kappa shape index (κ2) is 9.67. The highest BCUT2D eigenvalue weighted by atomic mass is 32.1. The van der Waals surface area contributed by atoms with Gasteiger partial charge in [0.2, 0.25) is 5.91 Å². The summed E-state index contributed by atoms with van der Waals surface area (Å²) in [4.78, 5) is 28.3. The van der Waals surface area contributed by atoms with Crippen molar-refractivity contribution in [3.05, 3.63) is 59.9 Å². The van der Waals surface area contributed by atoms with Gasteiger partial charge in [-0.25, -0.2) is 4.39 Å². The molecule has 1 saturated heterocycles. The van der Waals surface area contributed by atoms with Crippen LogP contribution in [0.25, 0.3) is 0 Å². The highest BCUT2D eigenvalue weighted by Gasteiger charge is 2.41. The largest absolute Gasteiger partial charge is 0.494 e. The number of hydrogen-bond acceptors (Lipinski definition) is 4. The van der Waals surface area contributed by atoms with E-state index >= 15 is 0 Å². The molecule has 1 atom stereocenters. The molecule has 158 valence electrons. The number of nitrogens with one attached hydrogen (secondary N) is 1. The number of anilines is 1. The van der Waals surface area contributed by atoms with Crippen molar-refractivity contribution in [3.63, 3.8) is 0 Å². The highest BCUT2D eigenvalue weighted by Crippen LogP contribution is 2.23. The topological polar surface area (TPSA) is 61.9 Å². The van der Waals surface area contributed by atoms with Gasteiger partial charge in [-0.3, -0.25) is 14.5 Å². The average Bonchev–Trinajstić information content (AvgIpc) is 2.93. The number of carbonyl (C=O) groups is 2. The summed E-state index contributed by atoms with van der Waals surface area (Å²) in [5.41, 5.74) is 1.42. The third-order valence-electron chi connectivity index (χ3n) is 4.78. The zero-order valence-electron chi connectivity index (χ0n) is 16.9. The van der Waals surface area contributed by atoms with Crippen molar-refractivity contribution in [1.29, 1.82) is 0 Å². The van der Waals surface area contributed by atoms with Crippen LogP contribution in [0, 0.1) is 5.82 Å². The van der Waals surface area contributed by atoms with Crippen LogP contribution in [0.4, 0.5) is 10.1 Å². The van der Waals surface area contributed by atoms with Crippen LogP contribution < -0.4 is 10.1 Å². The van der Waals surface area contributed by atoms with Crippen LogP contribution in [0.1, 0.15) is 25.3 Å². The van der Waals surface area contributed by atoms with E-state index in [1.54, 1.807) is 48.3 Å². The first-order valence-electron chi connectivity index (χ1n) is 9.74. The lowest BCUT2D eigenvalue weighted by Crippen LogP contribution is -2.37. The lowest BCUT2D eigenvalue weighted by molar-refractivity contribution is -0.130. The van der Waals surface area contributed by atoms with Gasteiger partial charge in [-0.05, 0) is 60.6 Å². The molecule has 1 aliphatic heterocycles. The smallest absolute Gasteiger partial charge is 0.251 e. The molecule has 0 radical (unpaired) electrons. The van der Waals surface area contributed by atoms with Crippen LogP contribution in [0.15, 0.2) is 48.5 Å².